The van der Waals surface area contributed by atoms with Crippen molar-refractivity contribution in [1.82, 2.24) is 15.1 Å². The zero-order valence-electron chi connectivity index (χ0n) is 12.5. The maximum atomic E-state index is 11.8. The average molecular weight is 267 g/mol. The Morgan fingerprint density at radius 2 is 1.74 bits per heavy atom. The summed E-state index contributed by atoms with van der Waals surface area (Å²) < 4.78 is 0. The number of carbonyl (C=O) groups excluding carboxylic acids is 1. The second kappa shape index (κ2) is 7.13. The first-order chi connectivity index (χ1) is 9.16. The second-order valence-corrected chi connectivity index (χ2v) is 6.35. The molecule has 0 radical (unpaired) electrons. The van der Waals surface area contributed by atoms with Gasteiger partial charge in [0.15, 0.2) is 0 Å². The highest BCUT2D eigenvalue weighted by Crippen LogP contribution is 2.23. The van der Waals surface area contributed by atoms with E-state index in [9.17, 15) is 4.79 Å². The van der Waals surface area contributed by atoms with E-state index < -0.39 is 0 Å². The molecule has 4 nitrogen and oxygen atoms in total. The van der Waals surface area contributed by atoms with Gasteiger partial charge in [-0.25, -0.2) is 4.79 Å². The van der Waals surface area contributed by atoms with Crippen LogP contribution in [0.5, 0.6) is 0 Å². The van der Waals surface area contributed by atoms with Crippen molar-refractivity contribution in [2.24, 2.45) is 5.92 Å². The molecule has 0 atom stereocenters. The lowest BCUT2D eigenvalue weighted by Crippen LogP contribution is -2.48. The maximum absolute atomic E-state index is 11.8. The van der Waals surface area contributed by atoms with Gasteiger partial charge in [0.2, 0.25) is 0 Å². The Hall–Kier alpha value is -0.770. The third kappa shape index (κ3) is 4.37. The molecule has 0 aromatic heterocycles. The lowest BCUT2D eigenvalue weighted by molar-refractivity contribution is 0.151. The molecule has 2 rings (SSSR count). The van der Waals surface area contributed by atoms with Gasteiger partial charge in [0.05, 0.1) is 0 Å². The van der Waals surface area contributed by atoms with Crippen LogP contribution in [0.4, 0.5) is 4.79 Å². The summed E-state index contributed by atoms with van der Waals surface area (Å²) in [5, 5.41) is 3.73. The number of nitrogens with one attached hydrogen (secondary N) is 1. The van der Waals surface area contributed by atoms with E-state index in [1.807, 2.05) is 19.0 Å². The molecule has 2 fully saturated rings. The van der Waals surface area contributed by atoms with Crippen LogP contribution >= 0.6 is 0 Å². The molecule has 1 saturated heterocycles. The Morgan fingerprint density at radius 1 is 1.11 bits per heavy atom. The van der Waals surface area contributed by atoms with Gasteiger partial charge in [-0.3, -0.25) is 0 Å². The maximum Gasteiger partial charge on any atom is 0.319 e. The summed E-state index contributed by atoms with van der Waals surface area (Å²) in [7, 11) is 3.66. The number of hydrogen-bond acceptors (Lipinski definition) is 2. The van der Waals surface area contributed by atoms with Gasteiger partial charge < -0.3 is 15.1 Å². The number of hydrogen-bond donors (Lipinski definition) is 1. The van der Waals surface area contributed by atoms with Crippen molar-refractivity contribution >= 4 is 6.03 Å². The van der Waals surface area contributed by atoms with Crippen molar-refractivity contribution in [3.05, 3.63) is 0 Å². The first kappa shape index (κ1) is 14.6. The first-order valence-electron chi connectivity index (χ1n) is 7.86. The number of urea groups is 1. The lowest BCUT2D eigenvalue weighted by atomic mass is 9.89. The van der Waals surface area contributed by atoms with Gasteiger partial charge in [0.1, 0.15) is 0 Å². The third-order valence-electron chi connectivity index (χ3n) is 4.57. The second-order valence-electron chi connectivity index (χ2n) is 6.35. The number of likely N-dealkylation sites (tertiary alicyclic amines) is 1. The molecule has 19 heavy (non-hydrogen) atoms. The van der Waals surface area contributed by atoms with E-state index in [0.29, 0.717) is 6.04 Å². The zero-order chi connectivity index (χ0) is 13.7. The summed E-state index contributed by atoms with van der Waals surface area (Å²) in [5.74, 6) is 0.898. The molecule has 2 aliphatic rings. The van der Waals surface area contributed by atoms with Crippen molar-refractivity contribution in [3.8, 4) is 0 Å². The van der Waals surface area contributed by atoms with Crippen LogP contribution < -0.4 is 5.32 Å². The van der Waals surface area contributed by atoms with Crippen LogP contribution in [-0.4, -0.2) is 55.6 Å². The van der Waals surface area contributed by atoms with Gasteiger partial charge in [0.25, 0.3) is 0 Å². The van der Waals surface area contributed by atoms with Crippen molar-refractivity contribution in [2.45, 2.75) is 51.0 Å². The van der Waals surface area contributed by atoms with Crippen molar-refractivity contribution in [2.75, 3.05) is 33.7 Å². The third-order valence-corrected chi connectivity index (χ3v) is 4.57. The molecule has 1 heterocycles. The van der Waals surface area contributed by atoms with E-state index >= 15 is 0 Å². The van der Waals surface area contributed by atoms with Crippen LogP contribution in [0.2, 0.25) is 0 Å². The molecule has 110 valence electrons. The Balaban J connectivity index is 1.64. The van der Waals surface area contributed by atoms with E-state index in [4.69, 9.17) is 0 Å². The molecule has 0 aromatic rings. The van der Waals surface area contributed by atoms with Gasteiger partial charge in [-0.05, 0) is 38.1 Å². The van der Waals surface area contributed by atoms with Gasteiger partial charge in [-0.2, -0.15) is 0 Å². The molecule has 0 spiro atoms. The Labute approximate surface area is 117 Å². The van der Waals surface area contributed by atoms with E-state index in [1.165, 1.54) is 38.6 Å². The van der Waals surface area contributed by atoms with Crippen LogP contribution in [0.1, 0.15) is 44.9 Å². The number of piperidine rings is 1. The largest absolute Gasteiger partial charge is 0.331 e. The van der Waals surface area contributed by atoms with Gasteiger partial charge in [0, 0.05) is 33.2 Å². The van der Waals surface area contributed by atoms with Crippen molar-refractivity contribution in [1.29, 1.82) is 0 Å². The van der Waals surface area contributed by atoms with Crippen LogP contribution in [0.15, 0.2) is 0 Å². The van der Waals surface area contributed by atoms with Gasteiger partial charge in [-0.15, -0.1) is 0 Å². The van der Waals surface area contributed by atoms with Crippen LogP contribution in [0.25, 0.3) is 0 Å². The minimum absolute atomic E-state index is 0.158. The van der Waals surface area contributed by atoms with Crippen molar-refractivity contribution in [3.63, 3.8) is 0 Å². The quantitative estimate of drug-likeness (QED) is 0.851. The number of nitrogens with zero attached hydrogens (tertiary/aromatic N) is 2. The summed E-state index contributed by atoms with van der Waals surface area (Å²) in [6.07, 6.45) is 9.29. The molecular formula is C15H29N3O. The van der Waals surface area contributed by atoms with Crippen LogP contribution in [-0.2, 0) is 0 Å². The molecular weight excluding hydrogens is 238 g/mol. The summed E-state index contributed by atoms with van der Waals surface area (Å²) in [5.41, 5.74) is 0. The molecule has 0 unspecified atom stereocenters. The lowest BCUT2D eigenvalue weighted by Gasteiger charge is -2.35. The topological polar surface area (TPSA) is 35.6 Å². The highest BCUT2D eigenvalue weighted by Gasteiger charge is 2.24. The molecule has 1 aliphatic heterocycles. The van der Waals surface area contributed by atoms with Crippen LogP contribution in [0.3, 0.4) is 0 Å². The van der Waals surface area contributed by atoms with E-state index in [-0.39, 0.29) is 6.03 Å². The first-order valence-corrected chi connectivity index (χ1v) is 7.86. The summed E-state index contributed by atoms with van der Waals surface area (Å²) in [4.78, 5) is 15.5. The summed E-state index contributed by atoms with van der Waals surface area (Å²) in [6, 6.07) is 0.777. The fraction of sp³-hybridized carbons (Fsp3) is 0.933. The predicted octanol–water partition coefficient (Wildman–Crippen LogP) is 2.30. The minimum atomic E-state index is 0.158. The van der Waals surface area contributed by atoms with Crippen LogP contribution in [0, 0.1) is 5.92 Å². The average Bonchev–Trinajstić information content (AvgIpc) is 2.46. The number of rotatable bonds is 3. The predicted molar refractivity (Wildman–Crippen MR) is 78.3 cm³/mol. The molecule has 1 saturated carbocycles. The Morgan fingerprint density at radius 3 is 2.32 bits per heavy atom. The SMILES string of the molecule is CN(C)C(=O)N1CCC(NCC2CCCCC2)CC1. The van der Waals surface area contributed by atoms with Crippen molar-refractivity contribution < 1.29 is 4.79 Å². The number of carbonyl (C=O) groups is 1. The monoisotopic (exact) mass is 267 g/mol. The fourth-order valence-corrected chi connectivity index (χ4v) is 3.28. The zero-order valence-corrected chi connectivity index (χ0v) is 12.5. The Kier molecular flexibility index (Phi) is 5.49. The normalized spacial score (nSPS) is 22.5. The molecule has 0 aromatic carbocycles. The fourth-order valence-electron chi connectivity index (χ4n) is 3.28. The molecule has 1 aliphatic carbocycles. The molecule has 2 amide bonds. The smallest absolute Gasteiger partial charge is 0.319 e. The minimum Gasteiger partial charge on any atom is -0.331 e. The van der Waals surface area contributed by atoms with E-state index in [2.05, 4.69) is 5.32 Å². The highest BCUT2D eigenvalue weighted by molar-refractivity contribution is 5.73. The molecule has 0 bridgehead atoms. The van der Waals surface area contributed by atoms with Gasteiger partial charge in [-0.1, -0.05) is 19.3 Å². The van der Waals surface area contributed by atoms with Gasteiger partial charge >= 0.3 is 6.03 Å². The standard InChI is InChI=1S/C15H29N3O/c1-17(2)15(19)18-10-8-14(9-11-18)16-12-13-6-4-3-5-7-13/h13-14,16H,3-12H2,1-2H3. The molecule has 4 heteroatoms. The Bertz CT molecular complexity index is 279. The van der Waals surface area contributed by atoms with E-state index in [0.717, 1.165) is 31.8 Å². The number of amides is 2. The molecule has 1 N–H and O–H groups in total. The summed E-state index contributed by atoms with van der Waals surface area (Å²) in [6.45, 7) is 2.99. The summed E-state index contributed by atoms with van der Waals surface area (Å²) >= 11 is 0. The van der Waals surface area contributed by atoms with E-state index in [1.54, 1.807) is 4.90 Å². The highest BCUT2D eigenvalue weighted by atomic mass is 16.2.